The van der Waals surface area contributed by atoms with Crippen molar-refractivity contribution in [1.29, 1.82) is 0 Å². The Morgan fingerprint density at radius 2 is 2.09 bits per heavy atom. The molecule has 1 aromatic heterocycles. The molecule has 0 aliphatic carbocycles. The molecular weight excluding hydrogens is 140 g/mol. The van der Waals surface area contributed by atoms with Crippen molar-refractivity contribution < 1.29 is 0 Å². The van der Waals surface area contributed by atoms with Crippen LogP contribution in [0.15, 0.2) is 6.20 Å². The van der Waals surface area contributed by atoms with Gasteiger partial charge in [-0.3, -0.25) is 0 Å². The lowest BCUT2D eigenvalue weighted by atomic mass is 10.3. The van der Waals surface area contributed by atoms with E-state index >= 15 is 0 Å². The fourth-order valence-electron chi connectivity index (χ4n) is 0.751. The summed E-state index contributed by atoms with van der Waals surface area (Å²) >= 11 is 0. The van der Waals surface area contributed by atoms with Gasteiger partial charge in [0.15, 0.2) is 0 Å². The van der Waals surface area contributed by atoms with Crippen molar-refractivity contribution in [2.45, 2.75) is 32.9 Å². The van der Waals surface area contributed by atoms with Crippen LogP contribution in [-0.4, -0.2) is 15.0 Å². The van der Waals surface area contributed by atoms with E-state index in [1.807, 2.05) is 13.1 Å². The van der Waals surface area contributed by atoms with Gasteiger partial charge in [0.05, 0.1) is 11.9 Å². The number of hydrogen-bond donors (Lipinski definition) is 1. The van der Waals surface area contributed by atoms with Crippen molar-refractivity contribution in [2.24, 2.45) is 5.73 Å². The smallest absolute Gasteiger partial charge is 0.0991 e. The van der Waals surface area contributed by atoms with Crippen molar-refractivity contribution in [3.63, 3.8) is 0 Å². The number of nitrogens with two attached hydrogens (primary N) is 1. The van der Waals surface area contributed by atoms with Gasteiger partial charge < -0.3 is 5.73 Å². The molecule has 0 saturated heterocycles. The lowest BCUT2D eigenvalue weighted by Crippen LogP contribution is -2.05. The van der Waals surface area contributed by atoms with Gasteiger partial charge in [0, 0.05) is 12.1 Å². The van der Waals surface area contributed by atoms with E-state index in [9.17, 15) is 0 Å². The Morgan fingerprint density at radius 3 is 2.36 bits per heavy atom. The molecule has 4 nitrogen and oxygen atoms in total. The van der Waals surface area contributed by atoms with Crippen LogP contribution < -0.4 is 5.73 Å². The second kappa shape index (κ2) is 3.00. The first-order chi connectivity index (χ1) is 5.11. The molecule has 2 N–H and O–H groups in total. The van der Waals surface area contributed by atoms with Gasteiger partial charge in [-0.25, -0.2) is 4.68 Å². The summed E-state index contributed by atoms with van der Waals surface area (Å²) in [5.41, 5.74) is 6.46. The summed E-state index contributed by atoms with van der Waals surface area (Å²) in [6.45, 7) is 6.01. The van der Waals surface area contributed by atoms with Gasteiger partial charge in [-0.05, 0) is 20.8 Å². The van der Waals surface area contributed by atoms with Crippen LogP contribution in [0.5, 0.6) is 0 Å². The predicted molar refractivity (Wildman–Crippen MR) is 43.0 cm³/mol. The van der Waals surface area contributed by atoms with E-state index in [4.69, 9.17) is 5.73 Å². The molecular formula is C7H14N4. The third-order valence-electron chi connectivity index (χ3n) is 1.52. The maximum absolute atomic E-state index is 5.61. The SMILES string of the molecule is CC(N)c1cn(C(C)C)nn1. The molecule has 0 aliphatic heterocycles. The monoisotopic (exact) mass is 154 g/mol. The average molecular weight is 154 g/mol. The van der Waals surface area contributed by atoms with Crippen LogP contribution in [0.3, 0.4) is 0 Å². The zero-order valence-electron chi connectivity index (χ0n) is 7.15. The van der Waals surface area contributed by atoms with Crippen LogP contribution in [0.4, 0.5) is 0 Å². The molecule has 1 atom stereocenters. The van der Waals surface area contributed by atoms with Crippen molar-refractivity contribution in [2.75, 3.05) is 0 Å². The van der Waals surface area contributed by atoms with Crippen LogP contribution >= 0.6 is 0 Å². The molecule has 0 saturated carbocycles. The van der Waals surface area contributed by atoms with Crippen molar-refractivity contribution in [3.8, 4) is 0 Å². The second-order valence-electron chi connectivity index (χ2n) is 3.01. The summed E-state index contributed by atoms with van der Waals surface area (Å²) in [4.78, 5) is 0. The largest absolute Gasteiger partial charge is 0.323 e. The van der Waals surface area contributed by atoms with Crippen molar-refractivity contribution in [3.05, 3.63) is 11.9 Å². The third kappa shape index (κ3) is 1.77. The van der Waals surface area contributed by atoms with Crippen LogP contribution in [0.25, 0.3) is 0 Å². The maximum Gasteiger partial charge on any atom is 0.0991 e. The van der Waals surface area contributed by atoms with E-state index < -0.39 is 0 Å². The first-order valence-electron chi connectivity index (χ1n) is 3.78. The van der Waals surface area contributed by atoms with Crippen molar-refractivity contribution >= 4 is 0 Å². The van der Waals surface area contributed by atoms with Crippen LogP contribution in [0.1, 0.15) is 38.5 Å². The number of rotatable bonds is 2. The molecule has 62 valence electrons. The maximum atomic E-state index is 5.61. The number of hydrogen-bond acceptors (Lipinski definition) is 3. The molecule has 1 rings (SSSR count). The molecule has 0 bridgehead atoms. The van der Waals surface area contributed by atoms with E-state index in [1.165, 1.54) is 0 Å². The summed E-state index contributed by atoms with van der Waals surface area (Å²) in [5.74, 6) is 0. The van der Waals surface area contributed by atoms with Gasteiger partial charge >= 0.3 is 0 Å². The van der Waals surface area contributed by atoms with E-state index in [2.05, 4.69) is 24.2 Å². The van der Waals surface area contributed by atoms with Crippen LogP contribution in [0, 0.1) is 0 Å². The lowest BCUT2D eigenvalue weighted by Gasteiger charge is -2.01. The van der Waals surface area contributed by atoms with E-state index in [0.29, 0.717) is 6.04 Å². The summed E-state index contributed by atoms with van der Waals surface area (Å²) in [6, 6.07) is 0.331. The predicted octanol–water partition coefficient (Wildman–Crippen LogP) is 0.879. The van der Waals surface area contributed by atoms with Crippen LogP contribution in [0.2, 0.25) is 0 Å². The van der Waals surface area contributed by atoms with Gasteiger partial charge in [-0.15, -0.1) is 5.10 Å². The van der Waals surface area contributed by atoms with Crippen LogP contribution in [-0.2, 0) is 0 Å². The minimum absolute atomic E-state index is 0.0255. The molecule has 0 aliphatic rings. The third-order valence-corrected chi connectivity index (χ3v) is 1.52. The Labute approximate surface area is 66.4 Å². The average Bonchev–Trinajstić information content (AvgIpc) is 2.33. The zero-order chi connectivity index (χ0) is 8.43. The van der Waals surface area contributed by atoms with Crippen molar-refractivity contribution in [1.82, 2.24) is 15.0 Å². The normalized spacial score (nSPS) is 13.9. The first-order valence-corrected chi connectivity index (χ1v) is 3.78. The van der Waals surface area contributed by atoms with Gasteiger partial charge in [0.25, 0.3) is 0 Å². The summed E-state index contributed by atoms with van der Waals surface area (Å²) in [6.07, 6.45) is 1.88. The fraction of sp³-hybridized carbons (Fsp3) is 0.714. The van der Waals surface area contributed by atoms with E-state index in [1.54, 1.807) is 4.68 Å². The molecule has 0 aromatic carbocycles. The Kier molecular flexibility index (Phi) is 2.24. The van der Waals surface area contributed by atoms with Gasteiger partial charge in [-0.1, -0.05) is 5.21 Å². The first kappa shape index (κ1) is 8.20. The van der Waals surface area contributed by atoms with Gasteiger partial charge in [0.1, 0.15) is 0 Å². The highest BCUT2D eigenvalue weighted by molar-refractivity contribution is 4.97. The second-order valence-corrected chi connectivity index (χ2v) is 3.01. The molecule has 1 heterocycles. The zero-order valence-corrected chi connectivity index (χ0v) is 7.15. The quantitative estimate of drug-likeness (QED) is 0.688. The highest BCUT2D eigenvalue weighted by Crippen LogP contribution is 2.07. The molecule has 0 spiro atoms. The van der Waals surface area contributed by atoms with Gasteiger partial charge in [0.2, 0.25) is 0 Å². The number of aromatic nitrogens is 3. The molecule has 0 fully saturated rings. The molecule has 1 aromatic rings. The Balaban J connectivity index is 2.82. The molecule has 0 amide bonds. The van der Waals surface area contributed by atoms with E-state index in [-0.39, 0.29) is 6.04 Å². The Bertz CT molecular complexity index is 204. The molecule has 1 unspecified atom stereocenters. The Morgan fingerprint density at radius 1 is 1.45 bits per heavy atom. The molecule has 11 heavy (non-hydrogen) atoms. The highest BCUT2D eigenvalue weighted by atomic mass is 15.4. The molecule has 4 heteroatoms. The fourth-order valence-corrected chi connectivity index (χ4v) is 0.751. The van der Waals surface area contributed by atoms with Gasteiger partial charge in [-0.2, -0.15) is 0 Å². The van der Waals surface area contributed by atoms with E-state index in [0.717, 1.165) is 5.69 Å². The minimum Gasteiger partial charge on any atom is -0.323 e. The summed E-state index contributed by atoms with van der Waals surface area (Å²) in [5, 5.41) is 7.85. The lowest BCUT2D eigenvalue weighted by molar-refractivity contribution is 0.514. The number of nitrogens with zero attached hydrogens (tertiary/aromatic N) is 3. The highest BCUT2D eigenvalue weighted by Gasteiger charge is 2.05. The minimum atomic E-state index is -0.0255. The Hall–Kier alpha value is -0.900. The molecule has 0 radical (unpaired) electrons. The summed E-state index contributed by atoms with van der Waals surface area (Å²) < 4.78 is 1.80. The summed E-state index contributed by atoms with van der Waals surface area (Å²) in [7, 11) is 0. The standard InChI is InChI=1S/C7H14N4/c1-5(2)11-4-7(6(3)8)9-10-11/h4-6H,8H2,1-3H3. The topological polar surface area (TPSA) is 56.7 Å².